The summed E-state index contributed by atoms with van der Waals surface area (Å²) in [7, 11) is -1.20. The van der Waals surface area contributed by atoms with Gasteiger partial charge in [0.25, 0.3) is 5.91 Å². The van der Waals surface area contributed by atoms with Crippen LogP contribution in [0.25, 0.3) is 11.0 Å². The molecular formula is C14H18N4O3S. The molecule has 118 valence electrons. The standard InChI is InChI=1S/C14H18N4O3S/c1-8-12(6-11-9(2)17-18(3)13(11)15-8)14(19)16-10-4-5-22(20,21)7-10/h6,10H,4-5,7H2,1-3H3,(H,16,19). The zero-order valence-electron chi connectivity index (χ0n) is 12.8. The molecule has 1 N–H and O–H groups in total. The van der Waals surface area contributed by atoms with Gasteiger partial charge in [-0.25, -0.2) is 13.4 Å². The molecule has 0 radical (unpaired) electrons. The average Bonchev–Trinajstić information content (AvgIpc) is 2.89. The van der Waals surface area contributed by atoms with Crippen LogP contribution in [-0.2, 0) is 16.9 Å². The molecule has 0 bridgehead atoms. The second-order valence-electron chi connectivity index (χ2n) is 5.77. The van der Waals surface area contributed by atoms with E-state index in [1.54, 1.807) is 17.7 Å². The summed E-state index contributed by atoms with van der Waals surface area (Å²) in [5.74, 6) is -0.132. The van der Waals surface area contributed by atoms with Crippen molar-refractivity contribution >= 4 is 26.8 Å². The Morgan fingerprint density at radius 3 is 2.73 bits per heavy atom. The first-order chi connectivity index (χ1) is 10.3. The van der Waals surface area contributed by atoms with Crippen molar-refractivity contribution in [3.8, 4) is 0 Å². The summed E-state index contributed by atoms with van der Waals surface area (Å²) in [6, 6.07) is 1.46. The minimum absolute atomic E-state index is 0.0133. The number of aryl methyl sites for hydroxylation is 3. The minimum Gasteiger partial charge on any atom is -0.348 e. The highest BCUT2D eigenvalue weighted by Gasteiger charge is 2.29. The molecule has 1 unspecified atom stereocenters. The fourth-order valence-corrected chi connectivity index (χ4v) is 4.51. The first-order valence-electron chi connectivity index (χ1n) is 7.09. The van der Waals surface area contributed by atoms with Crippen LogP contribution in [0.15, 0.2) is 6.07 Å². The minimum atomic E-state index is -3.02. The second-order valence-corrected chi connectivity index (χ2v) is 8.00. The highest BCUT2D eigenvalue weighted by Crippen LogP contribution is 2.20. The second kappa shape index (κ2) is 5.05. The third-order valence-electron chi connectivity index (χ3n) is 4.00. The van der Waals surface area contributed by atoms with E-state index in [2.05, 4.69) is 15.4 Å². The number of nitrogens with one attached hydrogen (secondary N) is 1. The lowest BCUT2D eigenvalue weighted by atomic mass is 10.1. The first-order valence-corrected chi connectivity index (χ1v) is 8.91. The number of pyridine rings is 1. The van der Waals surface area contributed by atoms with Gasteiger partial charge in [-0.2, -0.15) is 5.10 Å². The Morgan fingerprint density at radius 2 is 2.09 bits per heavy atom. The quantitative estimate of drug-likeness (QED) is 0.869. The van der Waals surface area contributed by atoms with Crippen molar-refractivity contribution in [2.75, 3.05) is 11.5 Å². The van der Waals surface area contributed by atoms with Crippen LogP contribution in [0, 0.1) is 13.8 Å². The molecule has 1 fully saturated rings. The number of carbonyl (C=O) groups excluding carboxylic acids is 1. The molecule has 2 aromatic heterocycles. The number of hydrogen-bond acceptors (Lipinski definition) is 5. The predicted octanol–water partition coefficient (Wildman–Crippen LogP) is 0.502. The Labute approximate surface area is 128 Å². The maximum atomic E-state index is 12.4. The molecule has 1 amide bonds. The van der Waals surface area contributed by atoms with Crippen LogP contribution in [0.3, 0.4) is 0 Å². The topological polar surface area (TPSA) is 93.9 Å². The molecule has 3 rings (SSSR count). The van der Waals surface area contributed by atoms with Crippen LogP contribution in [0.4, 0.5) is 0 Å². The molecule has 1 atom stereocenters. The molecule has 1 aliphatic heterocycles. The summed E-state index contributed by atoms with van der Waals surface area (Å²) in [4.78, 5) is 16.9. The highest BCUT2D eigenvalue weighted by molar-refractivity contribution is 7.91. The molecule has 0 saturated carbocycles. The molecule has 0 aliphatic carbocycles. The van der Waals surface area contributed by atoms with Crippen LogP contribution in [0.2, 0.25) is 0 Å². The molecule has 7 nitrogen and oxygen atoms in total. The molecular weight excluding hydrogens is 304 g/mol. The van der Waals surface area contributed by atoms with Crippen LogP contribution in [-0.4, -0.2) is 46.6 Å². The SMILES string of the molecule is Cc1nc2c(cc1C(=O)NC1CCS(=O)(=O)C1)c(C)nn2C. The maximum absolute atomic E-state index is 12.4. The van der Waals surface area contributed by atoms with Gasteiger partial charge in [-0.05, 0) is 26.3 Å². The third kappa shape index (κ3) is 2.58. The third-order valence-corrected chi connectivity index (χ3v) is 5.77. The molecule has 0 aromatic carbocycles. The van der Waals surface area contributed by atoms with Gasteiger partial charge < -0.3 is 5.32 Å². The Balaban J connectivity index is 1.91. The molecule has 22 heavy (non-hydrogen) atoms. The normalized spacial score (nSPS) is 20.4. The molecule has 8 heteroatoms. The molecule has 1 saturated heterocycles. The summed E-state index contributed by atoms with van der Waals surface area (Å²) >= 11 is 0. The number of sulfone groups is 1. The van der Waals surface area contributed by atoms with E-state index in [9.17, 15) is 13.2 Å². The maximum Gasteiger partial charge on any atom is 0.253 e. The average molecular weight is 322 g/mol. The van der Waals surface area contributed by atoms with Gasteiger partial charge in [-0.3, -0.25) is 9.48 Å². The van der Waals surface area contributed by atoms with E-state index < -0.39 is 9.84 Å². The van der Waals surface area contributed by atoms with Gasteiger partial charge in [0, 0.05) is 18.5 Å². The van der Waals surface area contributed by atoms with E-state index in [0.717, 1.165) is 16.7 Å². The number of amides is 1. The Kier molecular flexibility index (Phi) is 3.43. The van der Waals surface area contributed by atoms with E-state index >= 15 is 0 Å². The van der Waals surface area contributed by atoms with Crippen LogP contribution >= 0.6 is 0 Å². The fraction of sp³-hybridized carbons (Fsp3) is 0.500. The number of aromatic nitrogens is 3. The number of hydrogen-bond donors (Lipinski definition) is 1. The van der Waals surface area contributed by atoms with Crippen molar-refractivity contribution in [1.29, 1.82) is 0 Å². The summed E-state index contributed by atoms with van der Waals surface area (Å²) in [6.45, 7) is 3.63. The number of nitrogens with zero attached hydrogens (tertiary/aromatic N) is 3. The van der Waals surface area contributed by atoms with Crippen molar-refractivity contribution < 1.29 is 13.2 Å². The van der Waals surface area contributed by atoms with Gasteiger partial charge in [0.2, 0.25) is 0 Å². The van der Waals surface area contributed by atoms with Gasteiger partial charge in [0.15, 0.2) is 15.5 Å². The summed E-state index contributed by atoms with van der Waals surface area (Å²) in [6.07, 6.45) is 0.467. The van der Waals surface area contributed by atoms with Gasteiger partial charge in [0.05, 0.1) is 28.5 Å². The predicted molar refractivity (Wildman–Crippen MR) is 82.5 cm³/mol. The van der Waals surface area contributed by atoms with Crippen molar-refractivity contribution in [3.05, 3.63) is 23.0 Å². The monoisotopic (exact) mass is 322 g/mol. The Hall–Kier alpha value is -1.96. The van der Waals surface area contributed by atoms with Crippen LogP contribution in [0.1, 0.15) is 28.2 Å². The van der Waals surface area contributed by atoms with E-state index in [4.69, 9.17) is 0 Å². The highest BCUT2D eigenvalue weighted by atomic mass is 32.2. The van der Waals surface area contributed by atoms with Gasteiger partial charge in [0.1, 0.15) is 0 Å². The van der Waals surface area contributed by atoms with E-state index in [1.165, 1.54) is 0 Å². The van der Waals surface area contributed by atoms with Crippen molar-refractivity contribution in [1.82, 2.24) is 20.1 Å². The van der Waals surface area contributed by atoms with E-state index in [0.29, 0.717) is 17.7 Å². The van der Waals surface area contributed by atoms with Gasteiger partial charge in [-0.1, -0.05) is 0 Å². The summed E-state index contributed by atoms with van der Waals surface area (Å²) < 4.78 is 24.6. The number of carbonyl (C=O) groups is 1. The van der Waals surface area contributed by atoms with Crippen molar-refractivity contribution in [3.63, 3.8) is 0 Å². The first kappa shape index (κ1) is 15.0. The molecule has 3 heterocycles. The van der Waals surface area contributed by atoms with Crippen molar-refractivity contribution in [2.45, 2.75) is 26.3 Å². The molecule has 1 aliphatic rings. The van der Waals surface area contributed by atoms with Crippen molar-refractivity contribution in [2.24, 2.45) is 7.05 Å². The summed E-state index contributed by atoms with van der Waals surface area (Å²) in [5.41, 5.74) is 2.61. The lowest BCUT2D eigenvalue weighted by molar-refractivity contribution is 0.0940. The molecule has 0 spiro atoms. The Bertz CT molecular complexity index is 870. The Morgan fingerprint density at radius 1 is 1.36 bits per heavy atom. The largest absolute Gasteiger partial charge is 0.348 e. The van der Waals surface area contributed by atoms with Gasteiger partial charge >= 0.3 is 0 Å². The van der Waals surface area contributed by atoms with Crippen LogP contribution < -0.4 is 5.32 Å². The summed E-state index contributed by atoms with van der Waals surface area (Å²) in [5, 5.41) is 7.93. The van der Waals surface area contributed by atoms with E-state index in [1.807, 2.05) is 14.0 Å². The lowest BCUT2D eigenvalue weighted by Gasteiger charge is -2.12. The van der Waals surface area contributed by atoms with Crippen LogP contribution in [0.5, 0.6) is 0 Å². The zero-order valence-corrected chi connectivity index (χ0v) is 13.6. The smallest absolute Gasteiger partial charge is 0.253 e. The molecule has 2 aromatic rings. The zero-order chi connectivity index (χ0) is 16.1. The van der Waals surface area contributed by atoms with E-state index in [-0.39, 0.29) is 23.5 Å². The number of rotatable bonds is 2. The number of fused-ring (bicyclic) bond motifs is 1. The fourth-order valence-electron chi connectivity index (χ4n) is 2.83. The van der Waals surface area contributed by atoms with Gasteiger partial charge in [-0.15, -0.1) is 0 Å². The lowest BCUT2D eigenvalue weighted by Crippen LogP contribution is -2.36.